The van der Waals surface area contributed by atoms with Crippen molar-refractivity contribution >= 4 is 11.5 Å². The lowest BCUT2D eigenvalue weighted by Gasteiger charge is -2.04. The summed E-state index contributed by atoms with van der Waals surface area (Å²) < 4.78 is 0. The van der Waals surface area contributed by atoms with E-state index in [-0.39, 0.29) is 11.5 Å². The molecule has 2 rings (SSSR count). The lowest BCUT2D eigenvalue weighted by atomic mass is 10.0. The van der Waals surface area contributed by atoms with Gasteiger partial charge in [-0.05, 0) is 11.6 Å². The van der Waals surface area contributed by atoms with E-state index in [4.69, 9.17) is 0 Å². The van der Waals surface area contributed by atoms with Gasteiger partial charge in [0.15, 0.2) is 5.78 Å². The summed E-state index contributed by atoms with van der Waals surface area (Å²) in [7, 11) is 0. The van der Waals surface area contributed by atoms with Gasteiger partial charge in [-0.15, -0.1) is 0 Å². The minimum atomic E-state index is -0.402. The van der Waals surface area contributed by atoms with Crippen LogP contribution in [0.25, 0.3) is 11.1 Å². The van der Waals surface area contributed by atoms with Crippen LogP contribution in [0.4, 0.5) is 5.69 Å². The lowest BCUT2D eigenvalue weighted by molar-refractivity contribution is -0.384. The molecule has 4 nitrogen and oxygen atoms in total. The van der Waals surface area contributed by atoms with Gasteiger partial charge in [-0.1, -0.05) is 43.3 Å². The molecule has 4 heteroatoms. The van der Waals surface area contributed by atoms with Gasteiger partial charge in [-0.2, -0.15) is 0 Å². The number of hydrogen-bond acceptors (Lipinski definition) is 3. The predicted octanol–water partition coefficient (Wildman–Crippen LogP) is 3.85. The molecule has 19 heavy (non-hydrogen) atoms. The summed E-state index contributed by atoms with van der Waals surface area (Å²) in [5.74, 6) is 0.0640. The summed E-state index contributed by atoms with van der Waals surface area (Å²) >= 11 is 0. The largest absolute Gasteiger partial charge is 0.294 e. The number of carbonyl (C=O) groups excluding carboxylic acids is 1. The summed E-state index contributed by atoms with van der Waals surface area (Å²) in [6, 6.07) is 13.5. The van der Waals surface area contributed by atoms with E-state index in [1.807, 2.05) is 0 Å². The third-order valence-corrected chi connectivity index (χ3v) is 2.94. The van der Waals surface area contributed by atoms with Crippen molar-refractivity contribution in [3.8, 4) is 11.1 Å². The number of rotatable bonds is 4. The molecular weight excluding hydrogens is 242 g/mol. The first kappa shape index (κ1) is 13.0. The van der Waals surface area contributed by atoms with Crippen molar-refractivity contribution in [2.24, 2.45) is 0 Å². The van der Waals surface area contributed by atoms with Crippen molar-refractivity contribution in [2.45, 2.75) is 13.3 Å². The van der Waals surface area contributed by atoms with Crippen molar-refractivity contribution in [2.75, 3.05) is 0 Å². The molecule has 0 aliphatic rings. The number of hydrogen-bond donors (Lipinski definition) is 0. The second kappa shape index (κ2) is 5.44. The Hall–Kier alpha value is -2.49. The SMILES string of the molecule is CCC(=O)c1ccc(-c2ccccc2[N+](=O)[O-])cc1. The Morgan fingerprint density at radius 1 is 1.11 bits per heavy atom. The van der Waals surface area contributed by atoms with Crippen LogP contribution >= 0.6 is 0 Å². The van der Waals surface area contributed by atoms with E-state index in [1.165, 1.54) is 6.07 Å². The first-order chi connectivity index (χ1) is 9.13. The molecule has 96 valence electrons. The molecule has 0 bridgehead atoms. The van der Waals surface area contributed by atoms with Crippen molar-refractivity contribution < 1.29 is 9.72 Å². The molecule has 0 atom stereocenters. The Morgan fingerprint density at radius 2 is 1.74 bits per heavy atom. The minimum Gasteiger partial charge on any atom is -0.294 e. The van der Waals surface area contributed by atoms with Crippen LogP contribution in [-0.4, -0.2) is 10.7 Å². The molecule has 2 aromatic carbocycles. The van der Waals surface area contributed by atoms with Crippen LogP contribution in [0.3, 0.4) is 0 Å². The molecular formula is C15H13NO3. The monoisotopic (exact) mass is 255 g/mol. The van der Waals surface area contributed by atoms with E-state index >= 15 is 0 Å². The zero-order valence-electron chi connectivity index (χ0n) is 10.5. The van der Waals surface area contributed by atoms with Crippen LogP contribution in [0.15, 0.2) is 48.5 Å². The van der Waals surface area contributed by atoms with E-state index in [9.17, 15) is 14.9 Å². The van der Waals surface area contributed by atoms with Gasteiger partial charge >= 0.3 is 0 Å². The summed E-state index contributed by atoms with van der Waals surface area (Å²) in [5, 5.41) is 11.0. The summed E-state index contributed by atoms with van der Waals surface area (Å²) in [6.07, 6.45) is 0.449. The second-order valence-electron chi connectivity index (χ2n) is 4.13. The number of para-hydroxylation sites is 1. The van der Waals surface area contributed by atoms with Gasteiger partial charge < -0.3 is 0 Å². The van der Waals surface area contributed by atoms with Gasteiger partial charge in [-0.3, -0.25) is 14.9 Å². The Bertz CT molecular complexity index is 618. The van der Waals surface area contributed by atoms with Crippen molar-refractivity contribution in [1.29, 1.82) is 0 Å². The fourth-order valence-corrected chi connectivity index (χ4v) is 1.92. The van der Waals surface area contributed by atoms with Crippen molar-refractivity contribution in [3.63, 3.8) is 0 Å². The molecule has 0 unspecified atom stereocenters. The van der Waals surface area contributed by atoms with Gasteiger partial charge in [0.1, 0.15) is 0 Å². The van der Waals surface area contributed by atoms with Gasteiger partial charge in [0.25, 0.3) is 5.69 Å². The highest BCUT2D eigenvalue weighted by Gasteiger charge is 2.14. The van der Waals surface area contributed by atoms with E-state index < -0.39 is 4.92 Å². The highest BCUT2D eigenvalue weighted by Crippen LogP contribution is 2.29. The Labute approximate surface area is 110 Å². The Balaban J connectivity index is 2.43. The average molecular weight is 255 g/mol. The number of nitro groups is 1. The molecule has 0 heterocycles. The number of carbonyl (C=O) groups is 1. The van der Waals surface area contributed by atoms with Crippen LogP contribution in [0.2, 0.25) is 0 Å². The average Bonchev–Trinajstić information content (AvgIpc) is 2.46. The smallest absolute Gasteiger partial charge is 0.277 e. The minimum absolute atomic E-state index is 0.0640. The predicted molar refractivity (Wildman–Crippen MR) is 73.2 cm³/mol. The van der Waals surface area contributed by atoms with E-state index in [2.05, 4.69) is 0 Å². The molecule has 0 saturated heterocycles. The highest BCUT2D eigenvalue weighted by molar-refractivity contribution is 5.96. The topological polar surface area (TPSA) is 60.2 Å². The summed E-state index contributed by atoms with van der Waals surface area (Å²) in [6.45, 7) is 1.80. The third-order valence-electron chi connectivity index (χ3n) is 2.94. The molecule has 0 fully saturated rings. The Kier molecular flexibility index (Phi) is 3.71. The first-order valence-electron chi connectivity index (χ1n) is 6.00. The van der Waals surface area contributed by atoms with Crippen LogP contribution in [-0.2, 0) is 0 Å². The molecule has 0 aliphatic carbocycles. The van der Waals surface area contributed by atoms with Gasteiger partial charge in [-0.25, -0.2) is 0 Å². The van der Waals surface area contributed by atoms with E-state index in [1.54, 1.807) is 49.4 Å². The second-order valence-corrected chi connectivity index (χ2v) is 4.13. The maximum atomic E-state index is 11.5. The number of Topliss-reactive ketones (excluding diaryl/α,β-unsaturated/α-hetero) is 1. The molecule has 2 aromatic rings. The highest BCUT2D eigenvalue weighted by atomic mass is 16.6. The molecule has 0 aromatic heterocycles. The van der Waals surface area contributed by atoms with Gasteiger partial charge in [0.2, 0.25) is 0 Å². The third kappa shape index (κ3) is 2.68. The molecule has 0 spiro atoms. The van der Waals surface area contributed by atoms with E-state index in [0.717, 1.165) is 5.56 Å². The molecule has 0 aliphatic heterocycles. The number of nitro benzene ring substituents is 1. The molecule has 0 amide bonds. The molecule has 0 saturated carbocycles. The fraction of sp³-hybridized carbons (Fsp3) is 0.133. The standard InChI is InChI=1S/C15H13NO3/c1-2-15(17)12-9-7-11(8-10-12)13-5-3-4-6-14(13)16(18)19/h3-10H,2H2,1H3. The van der Waals surface area contributed by atoms with E-state index in [0.29, 0.717) is 17.5 Å². The zero-order valence-corrected chi connectivity index (χ0v) is 10.5. The first-order valence-corrected chi connectivity index (χ1v) is 6.00. The number of benzene rings is 2. The van der Waals surface area contributed by atoms with Crippen LogP contribution in [0.1, 0.15) is 23.7 Å². The number of ketones is 1. The normalized spacial score (nSPS) is 10.2. The lowest BCUT2D eigenvalue weighted by Crippen LogP contribution is -1.96. The van der Waals surface area contributed by atoms with Crippen molar-refractivity contribution in [3.05, 3.63) is 64.2 Å². The van der Waals surface area contributed by atoms with Gasteiger partial charge in [0.05, 0.1) is 10.5 Å². The fourth-order valence-electron chi connectivity index (χ4n) is 1.92. The molecule has 0 N–H and O–H groups in total. The van der Waals surface area contributed by atoms with Crippen LogP contribution < -0.4 is 0 Å². The number of nitrogens with zero attached hydrogens (tertiary/aromatic N) is 1. The van der Waals surface area contributed by atoms with Crippen LogP contribution in [0, 0.1) is 10.1 Å². The van der Waals surface area contributed by atoms with Crippen molar-refractivity contribution in [1.82, 2.24) is 0 Å². The maximum Gasteiger partial charge on any atom is 0.277 e. The maximum absolute atomic E-state index is 11.5. The van der Waals surface area contributed by atoms with Gasteiger partial charge in [0, 0.05) is 18.1 Å². The molecule has 0 radical (unpaired) electrons. The van der Waals surface area contributed by atoms with Crippen LogP contribution in [0.5, 0.6) is 0 Å². The Morgan fingerprint density at radius 3 is 2.32 bits per heavy atom. The summed E-state index contributed by atoms with van der Waals surface area (Å²) in [4.78, 5) is 22.1. The summed E-state index contributed by atoms with van der Waals surface area (Å²) in [5.41, 5.74) is 1.99. The zero-order chi connectivity index (χ0) is 13.8. The quantitative estimate of drug-likeness (QED) is 0.473.